The zero-order chi connectivity index (χ0) is 23.4. The molecule has 11 heteroatoms. The molecule has 0 radical (unpaired) electrons. The van der Waals surface area contributed by atoms with Crippen molar-refractivity contribution in [2.24, 2.45) is 0 Å². The Hall–Kier alpha value is -3.05. The van der Waals surface area contributed by atoms with Crippen molar-refractivity contribution >= 4 is 40.6 Å². The molecule has 1 aromatic carbocycles. The second-order valence-corrected chi connectivity index (χ2v) is 9.03. The summed E-state index contributed by atoms with van der Waals surface area (Å²) in [5.74, 6) is -0.264. The van der Waals surface area contributed by atoms with Crippen molar-refractivity contribution in [3.63, 3.8) is 0 Å². The first-order valence-electron chi connectivity index (χ1n) is 11.2. The van der Waals surface area contributed by atoms with Gasteiger partial charge in [0.25, 0.3) is 11.8 Å². The maximum absolute atomic E-state index is 13.1. The second-order valence-electron chi connectivity index (χ2n) is 8.28. The number of carbonyl (C=O) groups is 3. The number of nitrogens with one attached hydrogen (secondary N) is 2. The van der Waals surface area contributed by atoms with E-state index < -0.39 is 0 Å². The fourth-order valence-electron chi connectivity index (χ4n) is 4.19. The lowest BCUT2D eigenvalue weighted by molar-refractivity contribution is -0.114. The number of aromatic nitrogens is 2. The van der Waals surface area contributed by atoms with Crippen LogP contribution in [0.1, 0.15) is 39.1 Å². The minimum Gasteiger partial charge on any atom is -0.366 e. The molecule has 0 aliphatic carbocycles. The minimum absolute atomic E-state index is 0.0270. The first-order chi connectivity index (χ1) is 15.9. The lowest BCUT2D eigenvalue weighted by Crippen LogP contribution is -2.49. The molecule has 10 nitrogen and oxygen atoms in total. The summed E-state index contributed by atoms with van der Waals surface area (Å²) >= 11 is 1.12. The summed E-state index contributed by atoms with van der Waals surface area (Å²) in [5.41, 5.74) is 2.68. The van der Waals surface area contributed by atoms with Gasteiger partial charge in [0.1, 0.15) is 4.88 Å². The third-order valence-electron chi connectivity index (χ3n) is 5.93. The van der Waals surface area contributed by atoms with Gasteiger partial charge in [-0.25, -0.2) is 0 Å². The molecule has 1 aromatic heterocycles. The van der Waals surface area contributed by atoms with Gasteiger partial charge in [-0.15, -0.1) is 5.10 Å². The Morgan fingerprint density at radius 1 is 1.00 bits per heavy atom. The predicted molar refractivity (Wildman–Crippen MR) is 127 cm³/mol. The summed E-state index contributed by atoms with van der Waals surface area (Å²) in [6, 6.07) is 5.48. The highest BCUT2D eigenvalue weighted by molar-refractivity contribution is 7.07. The Bertz CT molecular complexity index is 1020. The number of anilines is 2. The van der Waals surface area contributed by atoms with Crippen LogP contribution in [0, 0.1) is 6.92 Å². The number of hydrogen-bond donors (Lipinski definition) is 2. The molecule has 2 saturated heterocycles. The van der Waals surface area contributed by atoms with Gasteiger partial charge in [0.15, 0.2) is 0 Å². The van der Waals surface area contributed by atoms with E-state index in [9.17, 15) is 14.4 Å². The number of carbonyl (C=O) groups excluding carboxylic acids is 3. The van der Waals surface area contributed by atoms with Crippen molar-refractivity contribution in [1.29, 1.82) is 0 Å². The highest BCUT2D eigenvalue weighted by Gasteiger charge is 2.27. The Kier molecular flexibility index (Phi) is 7.19. The van der Waals surface area contributed by atoms with Crippen molar-refractivity contribution in [3.8, 4) is 0 Å². The van der Waals surface area contributed by atoms with Crippen molar-refractivity contribution < 1.29 is 14.4 Å². The summed E-state index contributed by atoms with van der Waals surface area (Å²) in [6.07, 6.45) is 0.919. The van der Waals surface area contributed by atoms with E-state index >= 15 is 0 Å². The van der Waals surface area contributed by atoms with Gasteiger partial charge >= 0.3 is 0 Å². The van der Waals surface area contributed by atoms with Crippen LogP contribution in [0.15, 0.2) is 18.2 Å². The van der Waals surface area contributed by atoms with Gasteiger partial charge < -0.3 is 25.3 Å². The molecular formula is C22H29N7O3S. The van der Waals surface area contributed by atoms with Crippen molar-refractivity contribution in [3.05, 3.63) is 34.3 Å². The number of rotatable bonds is 4. The Balaban J connectivity index is 1.49. The Labute approximate surface area is 197 Å². The summed E-state index contributed by atoms with van der Waals surface area (Å²) in [5, 5.41) is 10.1. The third kappa shape index (κ3) is 5.31. The molecule has 2 fully saturated rings. The average Bonchev–Trinajstić information content (AvgIpc) is 3.06. The van der Waals surface area contributed by atoms with E-state index in [-0.39, 0.29) is 17.7 Å². The predicted octanol–water partition coefficient (Wildman–Crippen LogP) is 1.20. The molecule has 0 spiro atoms. The molecule has 0 unspecified atom stereocenters. The normalized spacial score (nSPS) is 17.0. The Morgan fingerprint density at radius 2 is 1.76 bits per heavy atom. The summed E-state index contributed by atoms with van der Waals surface area (Å²) in [7, 11) is 0. The fourth-order valence-corrected chi connectivity index (χ4v) is 4.81. The van der Waals surface area contributed by atoms with E-state index in [1.807, 2.05) is 21.9 Å². The molecule has 3 amide bonds. The number of amides is 3. The summed E-state index contributed by atoms with van der Waals surface area (Å²) < 4.78 is 3.86. The van der Waals surface area contributed by atoms with Gasteiger partial charge in [0.2, 0.25) is 5.91 Å². The third-order valence-corrected chi connectivity index (χ3v) is 6.75. The Morgan fingerprint density at radius 3 is 2.45 bits per heavy atom. The van der Waals surface area contributed by atoms with E-state index in [0.29, 0.717) is 61.1 Å². The molecule has 3 heterocycles. The van der Waals surface area contributed by atoms with Gasteiger partial charge in [-0.05, 0) is 49.6 Å². The number of benzene rings is 1. The van der Waals surface area contributed by atoms with Crippen LogP contribution in [0.4, 0.5) is 11.4 Å². The van der Waals surface area contributed by atoms with E-state index in [4.69, 9.17) is 0 Å². The van der Waals surface area contributed by atoms with Crippen molar-refractivity contribution in [2.75, 3.05) is 62.6 Å². The summed E-state index contributed by atoms with van der Waals surface area (Å²) in [4.78, 5) is 44.1. The van der Waals surface area contributed by atoms with Crippen LogP contribution in [0.5, 0.6) is 0 Å². The highest BCUT2D eigenvalue weighted by Crippen LogP contribution is 2.29. The average molecular weight is 472 g/mol. The fraction of sp³-hybridized carbons (Fsp3) is 0.500. The van der Waals surface area contributed by atoms with Gasteiger partial charge in [-0.2, -0.15) is 0 Å². The van der Waals surface area contributed by atoms with Gasteiger partial charge in [0, 0.05) is 58.3 Å². The molecule has 2 N–H and O–H groups in total. The molecule has 0 atom stereocenters. The zero-order valence-electron chi connectivity index (χ0n) is 19.0. The highest BCUT2D eigenvalue weighted by atomic mass is 32.1. The molecule has 2 aromatic rings. The molecule has 33 heavy (non-hydrogen) atoms. The van der Waals surface area contributed by atoms with E-state index in [0.717, 1.165) is 36.7 Å². The molecule has 2 aliphatic heterocycles. The number of aryl methyl sites for hydroxylation is 1. The number of hydrogen-bond acceptors (Lipinski definition) is 8. The van der Waals surface area contributed by atoms with Crippen LogP contribution in [0.25, 0.3) is 0 Å². The quantitative estimate of drug-likeness (QED) is 0.689. The van der Waals surface area contributed by atoms with E-state index in [1.54, 1.807) is 13.0 Å². The van der Waals surface area contributed by atoms with Crippen LogP contribution in [0.2, 0.25) is 0 Å². The van der Waals surface area contributed by atoms with Crippen molar-refractivity contribution in [2.45, 2.75) is 20.3 Å². The van der Waals surface area contributed by atoms with Crippen LogP contribution in [-0.2, 0) is 4.79 Å². The second kappa shape index (κ2) is 10.3. The molecule has 2 aliphatic rings. The van der Waals surface area contributed by atoms with Crippen LogP contribution in [0.3, 0.4) is 0 Å². The van der Waals surface area contributed by atoms with Gasteiger partial charge in [-0.1, -0.05) is 4.49 Å². The van der Waals surface area contributed by atoms with Gasteiger partial charge in [-0.3, -0.25) is 14.4 Å². The van der Waals surface area contributed by atoms with E-state index in [2.05, 4.69) is 25.1 Å². The molecular weight excluding hydrogens is 442 g/mol. The zero-order valence-corrected chi connectivity index (χ0v) is 19.8. The lowest BCUT2D eigenvalue weighted by atomic mass is 10.1. The summed E-state index contributed by atoms with van der Waals surface area (Å²) in [6.45, 7) is 8.67. The molecule has 0 bridgehead atoms. The molecule has 4 rings (SSSR count). The van der Waals surface area contributed by atoms with Crippen molar-refractivity contribution in [1.82, 2.24) is 24.7 Å². The topological polar surface area (TPSA) is 111 Å². The first-order valence-corrected chi connectivity index (χ1v) is 12.0. The van der Waals surface area contributed by atoms with Gasteiger partial charge in [0.05, 0.1) is 17.1 Å². The van der Waals surface area contributed by atoms with Crippen LogP contribution >= 0.6 is 11.5 Å². The monoisotopic (exact) mass is 471 g/mol. The van der Waals surface area contributed by atoms with Crippen LogP contribution in [-0.4, -0.2) is 89.5 Å². The van der Waals surface area contributed by atoms with E-state index in [1.165, 1.54) is 6.92 Å². The minimum atomic E-state index is -0.193. The first kappa shape index (κ1) is 23.1. The molecule has 0 saturated carbocycles. The maximum atomic E-state index is 13.1. The number of nitrogens with zero attached hydrogens (tertiary/aromatic N) is 5. The molecule has 176 valence electrons. The van der Waals surface area contributed by atoms with Crippen LogP contribution < -0.4 is 15.5 Å². The lowest BCUT2D eigenvalue weighted by Gasteiger charge is -2.37. The smallest absolute Gasteiger partial charge is 0.267 e. The standard InChI is InChI=1S/C22H29N7O3S/c1-15-20(33-26-25-15)22(32)29-12-10-27(11-13-29)19-5-4-17(14-18(19)24-16(2)30)21(31)28-8-3-6-23-7-9-28/h4-5,14,23H,3,6-13H2,1-2H3,(H,24,30). The largest absolute Gasteiger partial charge is 0.366 e. The SMILES string of the molecule is CC(=O)Nc1cc(C(=O)N2CCCNCC2)ccc1N1CCN(C(=O)c2snnc2C)CC1. The number of piperazine rings is 1. The maximum Gasteiger partial charge on any atom is 0.267 e.